The van der Waals surface area contributed by atoms with Gasteiger partial charge in [-0.1, -0.05) is 24.3 Å². The monoisotopic (exact) mass is 433 g/mol. The molecule has 4 atom stereocenters. The molecule has 0 saturated carbocycles. The minimum atomic E-state index is -1.31. The molecule has 1 fully saturated rings. The van der Waals surface area contributed by atoms with E-state index < -0.39 is 23.6 Å². The largest absolute Gasteiger partial charge is 0.493 e. The van der Waals surface area contributed by atoms with Crippen molar-refractivity contribution in [3.05, 3.63) is 65.0 Å². The lowest BCUT2D eigenvalue weighted by Crippen LogP contribution is -2.54. The highest BCUT2D eigenvalue weighted by Crippen LogP contribution is 2.56. The molecule has 2 aromatic rings. The second-order valence-corrected chi connectivity index (χ2v) is 7.83. The molecule has 2 aromatic carbocycles. The smallest absolute Gasteiger partial charge is 0.241 e. The number of hydrogen-bond donors (Lipinski definition) is 4. The minimum absolute atomic E-state index is 0.0557. The minimum Gasteiger partial charge on any atom is -0.493 e. The van der Waals surface area contributed by atoms with Crippen LogP contribution in [-0.4, -0.2) is 25.9 Å². The van der Waals surface area contributed by atoms with Crippen molar-refractivity contribution in [3.8, 4) is 17.6 Å². The lowest BCUT2D eigenvalue weighted by molar-refractivity contribution is -0.124. The number of hydrogen-bond acceptors (Lipinski definition) is 8. The first-order valence-electron chi connectivity index (χ1n) is 10.4. The second kappa shape index (κ2) is 7.44. The summed E-state index contributed by atoms with van der Waals surface area (Å²) >= 11 is 0. The normalized spacial score (nSPS) is 27.9. The lowest BCUT2D eigenvalue weighted by atomic mass is 9.62. The van der Waals surface area contributed by atoms with Crippen molar-refractivity contribution < 1.29 is 19.0 Å². The summed E-state index contributed by atoms with van der Waals surface area (Å²) in [6.07, 6.45) is -0.633. The van der Waals surface area contributed by atoms with Gasteiger partial charge < -0.3 is 25.3 Å². The SMILES string of the molecule is CCOc1ccc(C2NNC3OC(N)=C(C#N)C4(C(=O)Nc5ccccc54)C32)cc1OC. The molecular weight excluding hydrogens is 410 g/mol. The standard InChI is InChI=1S/C23H23N5O4/c1-3-31-16-9-8-12(10-17(16)30-2)19-18-21(28-27-19)32-20(25)14(11-24)23(18)13-6-4-5-7-15(13)26-22(23)29/h4-10,18-19,21,27-28H,3,25H2,1-2H3,(H,26,29). The van der Waals surface area contributed by atoms with Crippen molar-refractivity contribution in [1.82, 2.24) is 10.9 Å². The Labute approximate surface area is 185 Å². The summed E-state index contributed by atoms with van der Waals surface area (Å²) in [5.74, 6) is 0.342. The van der Waals surface area contributed by atoms with Crippen LogP contribution in [0, 0.1) is 17.2 Å². The van der Waals surface area contributed by atoms with Gasteiger partial charge in [0.1, 0.15) is 17.1 Å². The van der Waals surface area contributed by atoms with Gasteiger partial charge in [0.05, 0.1) is 25.7 Å². The number of benzene rings is 2. The Morgan fingerprint density at radius 3 is 2.78 bits per heavy atom. The zero-order chi connectivity index (χ0) is 22.5. The maximum absolute atomic E-state index is 13.6. The third-order valence-corrected chi connectivity index (χ3v) is 6.38. The molecular formula is C23H23N5O4. The zero-order valence-electron chi connectivity index (χ0n) is 17.6. The number of hydrazine groups is 1. The molecule has 4 unspecified atom stereocenters. The van der Waals surface area contributed by atoms with Crippen LogP contribution in [0.3, 0.4) is 0 Å². The Kier molecular flexibility index (Phi) is 4.69. The summed E-state index contributed by atoms with van der Waals surface area (Å²) in [7, 11) is 1.58. The predicted molar refractivity (Wildman–Crippen MR) is 115 cm³/mol. The Bertz CT molecular complexity index is 1170. The van der Waals surface area contributed by atoms with E-state index in [2.05, 4.69) is 22.2 Å². The summed E-state index contributed by atoms with van der Waals surface area (Å²) in [5.41, 5.74) is 13.5. The van der Waals surface area contributed by atoms with Gasteiger partial charge in [-0.3, -0.25) is 4.79 Å². The number of ether oxygens (including phenoxy) is 3. The number of fused-ring (bicyclic) bond motifs is 4. The highest BCUT2D eigenvalue weighted by molar-refractivity contribution is 6.10. The molecule has 0 aromatic heterocycles. The van der Waals surface area contributed by atoms with Crippen LogP contribution in [0.15, 0.2) is 53.9 Å². The molecule has 0 aliphatic carbocycles. The Balaban J connectivity index is 1.70. The van der Waals surface area contributed by atoms with Gasteiger partial charge in [0.15, 0.2) is 17.7 Å². The Morgan fingerprint density at radius 2 is 2.03 bits per heavy atom. The van der Waals surface area contributed by atoms with E-state index in [0.717, 1.165) is 5.56 Å². The average molecular weight is 433 g/mol. The van der Waals surface area contributed by atoms with Crippen LogP contribution >= 0.6 is 0 Å². The Morgan fingerprint density at radius 1 is 1.22 bits per heavy atom. The van der Waals surface area contributed by atoms with Crippen molar-refractivity contribution in [2.24, 2.45) is 11.7 Å². The quantitative estimate of drug-likeness (QED) is 0.574. The third kappa shape index (κ3) is 2.60. The van der Waals surface area contributed by atoms with Gasteiger partial charge in [0.2, 0.25) is 11.8 Å². The third-order valence-electron chi connectivity index (χ3n) is 6.38. The first kappa shape index (κ1) is 20.2. The molecule has 0 radical (unpaired) electrons. The van der Waals surface area contributed by atoms with Crippen LogP contribution in [0.25, 0.3) is 0 Å². The fourth-order valence-corrected chi connectivity index (χ4v) is 5.11. The molecule has 5 N–H and O–H groups in total. The highest BCUT2D eigenvalue weighted by atomic mass is 16.5. The van der Waals surface area contributed by atoms with Crippen LogP contribution in [0.4, 0.5) is 5.69 Å². The molecule has 3 heterocycles. The summed E-state index contributed by atoms with van der Waals surface area (Å²) in [6, 6.07) is 14.8. The number of nitrogens with one attached hydrogen (secondary N) is 3. The lowest BCUT2D eigenvalue weighted by Gasteiger charge is -2.42. The topological polar surface area (TPSA) is 131 Å². The fraction of sp³-hybridized carbons (Fsp3) is 0.304. The summed E-state index contributed by atoms with van der Waals surface area (Å²) in [4.78, 5) is 13.6. The number of carbonyl (C=O) groups is 1. The van der Waals surface area contributed by atoms with Crippen LogP contribution in [0.2, 0.25) is 0 Å². The zero-order valence-corrected chi connectivity index (χ0v) is 17.6. The number of rotatable bonds is 4. The maximum atomic E-state index is 13.6. The number of nitrogens with two attached hydrogens (primary N) is 1. The molecule has 9 nitrogen and oxygen atoms in total. The molecule has 3 aliphatic heterocycles. The molecule has 32 heavy (non-hydrogen) atoms. The van der Waals surface area contributed by atoms with E-state index in [4.69, 9.17) is 19.9 Å². The van der Waals surface area contributed by atoms with E-state index in [0.29, 0.717) is 29.4 Å². The van der Waals surface area contributed by atoms with E-state index in [1.165, 1.54) is 0 Å². The van der Waals surface area contributed by atoms with Crippen LogP contribution in [0.5, 0.6) is 11.5 Å². The van der Waals surface area contributed by atoms with Gasteiger partial charge in [-0.25, -0.2) is 10.9 Å². The summed E-state index contributed by atoms with van der Waals surface area (Å²) in [5, 5.41) is 13.0. The maximum Gasteiger partial charge on any atom is 0.241 e. The van der Waals surface area contributed by atoms with E-state index in [1.54, 1.807) is 7.11 Å². The van der Waals surface area contributed by atoms with Crippen molar-refractivity contribution >= 4 is 11.6 Å². The van der Waals surface area contributed by atoms with Crippen LogP contribution in [0.1, 0.15) is 24.1 Å². The van der Waals surface area contributed by atoms with E-state index >= 15 is 0 Å². The molecule has 1 spiro atoms. The first-order valence-corrected chi connectivity index (χ1v) is 10.4. The molecule has 3 aliphatic rings. The van der Waals surface area contributed by atoms with Crippen LogP contribution in [-0.2, 0) is 14.9 Å². The fourth-order valence-electron chi connectivity index (χ4n) is 5.11. The molecule has 1 saturated heterocycles. The van der Waals surface area contributed by atoms with E-state index in [9.17, 15) is 10.1 Å². The van der Waals surface area contributed by atoms with Gasteiger partial charge >= 0.3 is 0 Å². The van der Waals surface area contributed by atoms with Gasteiger partial charge in [0, 0.05) is 5.69 Å². The van der Waals surface area contributed by atoms with Gasteiger partial charge in [-0.05, 0) is 36.2 Å². The van der Waals surface area contributed by atoms with Gasteiger partial charge in [0.25, 0.3) is 0 Å². The van der Waals surface area contributed by atoms with Crippen molar-refractivity contribution in [3.63, 3.8) is 0 Å². The number of anilines is 1. The number of methoxy groups -OCH3 is 1. The second-order valence-electron chi connectivity index (χ2n) is 7.83. The van der Waals surface area contributed by atoms with Gasteiger partial charge in [-0.2, -0.15) is 5.26 Å². The van der Waals surface area contributed by atoms with Gasteiger partial charge in [-0.15, -0.1) is 0 Å². The first-order chi connectivity index (χ1) is 15.6. The number of nitriles is 1. The molecule has 9 heteroatoms. The number of amides is 1. The predicted octanol–water partition coefficient (Wildman–Crippen LogP) is 1.80. The Hall–Kier alpha value is -3.74. The molecule has 1 amide bonds. The summed E-state index contributed by atoms with van der Waals surface area (Å²) in [6.45, 7) is 2.41. The van der Waals surface area contributed by atoms with E-state index in [-0.39, 0.29) is 17.4 Å². The van der Waals surface area contributed by atoms with Crippen molar-refractivity contribution in [2.75, 3.05) is 19.0 Å². The van der Waals surface area contributed by atoms with Crippen molar-refractivity contribution in [1.29, 1.82) is 5.26 Å². The molecule has 0 bridgehead atoms. The highest BCUT2D eigenvalue weighted by Gasteiger charge is 2.65. The summed E-state index contributed by atoms with van der Waals surface area (Å²) < 4.78 is 17.0. The van der Waals surface area contributed by atoms with Crippen LogP contribution < -0.4 is 31.4 Å². The molecule has 5 rings (SSSR count). The number of nitrogens with zero attached hydrogens (tertiary/aromatic N) is 1. The number of para-hydroxylation sites is 1. The average Bonchev–Trinajstić information content (AvgIpc) is 3.34. The van der Waals surface area contributed by atoms with E-state index in [1.807, 2.05) is 49.4 Å². The number of carbonyl (C=O) groups excluding carboxylic acids is 1. The molecule has 164 valence electrons. The van der Waals surface area contributed by atoms with Crippen molar-refractivity contribution in [2.45, 2.75) is 24.6 Å².